The minimum atomic E-state index is -0.0604. The third-order valence-electron chi connectivity index (χ3n) is 6.18. The van der Waals surface area contributed by atoms with Crippen molar-refractivity contribution >= 4 is 0 Å². The van der Waals surface area contributed by atoms with Crippen molar-refractivity contribution in [2.45, 2.75) is 51.7 Å². The molecule has 1 fully saturated rings. The van der Waals surface area contributed by atoms with Crippen LogP contribution in [0.5, 0.6) is 5.75 Å². The summed E-state index contributed by atoms with van der Waals surface area (Å²) in [5.41, 5.74) is 7.58. The minimum Gasteiger partial charge on any atom is -0.494 e. The lowest BCUT2D eigenvalue weighted by atomic mass is 9.88. The van der Waals surface area contributed by atoms with Crippen LogP contribution in [0.25, 0.3) is 11.1 Å². The summed E-state index contributed by atoms with van der Waals surface area (Å²) in [5, 5.41) is 9.61. The first-order valence-electron chi connectivity index (χ1n) is 11.3. The Morgan fingerprint density at radius 1 is 1.00 bits per heavy atom. The average Bonchev–Trinajstić information content (AvgIpc) is 2.82. The SMILES string of the molecule is CCOc1ccc(Cc2cc(C3CCCC(CO)O3)cc(-c3ccccc3)c2C)cc1. The molecule has 3 aromatic rings. The van der Waals surface area contributed by atoms with Gasteiger partial charge in [0.1, 0.15) is 5.75 Å². The molecule has 31 heavy (non-hydrogen) atoms. The Morgan fingerprint density at radius 3 is 2.48 bits per heavy atom. The summed E-state index contributed by atoms with van der Waals surface area (Å²) < 4.78 is 11.8. The lowest BCUT2D eigenvalue weighted by Crippen LogP contribution is -2.25. The van der Waals surface area contributed by atoms with Gasteiger partial charge >= 0.3 is 0 Å². The fourth-order valence-electron chi connectivity index (χ4n) is 4.46. The maximum Gasteiger partial charge on any atom is 0.119 e. The van der Waals surface area contributed by atoms with Crippen LogP contribution in [-0.4, -0.2) is 24.4 Å². The summed E-state index contributed by atoms with van der Waals surface area (Å²) in [6.07, 6.45) is 3.85. The second kappa shape index (κ2) is 10.1. The van der Waals surface area contributed by atoms with E-state index in [1.807, 2.05) is 19.1 Å². The summed E-state index contributed by atoms with van der Waals surface area (Å²) in [6.45, 7) is 4.99. The van der Waals surface area contributed by atoms with Gasteiger partial charge in [0, 0.05) is 0 Å². The molecule has 3 nitrogen and oxygen atoms in total. The van der Waals surface area contributed by atoms with Crippen molar-refractivity contribution in [3.05, 3.63) is 89.0 Å². The van der Waals surface area contributed by atoms with Gasteiger partial charge in [-0.15, -0.1) is 0 Å². The number of hydrogen-bond acceptors (Lipinski definition) is 3. The Balaban J connectivity index is 1.71. The van der Waals surface area contributed by atoms with Crippen LogP contribution in [0.15, 0.2) is 66.7 Å². The second-order valence-electron chi connectivity index (χ2n) is 8.33. The van der Waals surface area contributed by atoms with Crippen LogP contribution in [-0.2, 0) is 11.2 Å². The van der Waals surface area contributed by atoms with Crippen molar-refractivity contribution in [3.8, 4) is 16.9 Å². The molecule has 0 aromatic heterocycles. The van der Waals surface area contributed by atoms with Crippen molar-refractivity contribution in [1.82, 2.24) is 0 Å². The van der Waals surface area contributed by atoms with E-state index < -0.39 is 0 Å². The first kappa shape index (κ1) is 21.6. The molecule has 0 bridgehead atoms. The zero-order valence-corrected chi connectivity index (χ0v) is 18.5. The van der Waals surface area contributed by atoms with E-state index in [-0.39, 0.29) is 18.8 Å². The summed E-state index contributed by atoms with van der Waals surface area (Å²) in [6, 6.07) is 23.6. The molecule has 1 aliphatic rings. The standard InChI is InChI=1S/C28H32O3/c1-3-30-25-14-12-21(13-15-25)16-23-17-24(28-11-7-10-26(19-29)31-28)18-27(20(23)2)22-8-5-4-6-9-22/h4-6,8-9,12-15,17-18,26,28-29H,3,7,10-11,16,19H2,1-2H3. The molecule has 0 radical (unpaired) electrons. The number of rotatable bonds is 7. The normalized spacial score (nSPS) is 18.7. The fraction of sp³-hybridized carbons (Fsp3) is 0.357. The monoisotopic (exact) mass is 416 g/mol. The average molecular weight is 417 g/mol. The van der Waals surface area contributed by atoms with E-state index in [9.17, 15) is 5.11 Å². The Kier molecular flexibility index (Phi) is 7.06. The molecular formula is C28H32O3. The predicted octanol–water partition coefficient (Wildman–Crippen LogP) is 6.25. The van der Waals surface area contributed by atoms with Crippen molar-refractivity contribution in [2.24, 2.45) is 0 Å². The van der Waals surface area contributed by atoms with Crippen molar-refractivity contribution < 1.29 is 14.6 Å². The Hall–Kier alpha value is -2.62. The number of ether oxygens (including phenoxy) is 2. The summed E-state index contributed by atoms with van der Waals surface area (Å²) in [7, 11) is 0. The molecule has 1 heterocycles. The molecule has 0 aliphatic carbocycles. The third-order valence-corrected chi connectivity index (χ3v) is 6.18. The van der Waals surface area contributed by atoms with E-state index in [1.54, 1.807) is 0 Å². The van der Waals surface area contributed by atoms with Crippen LogP contribution in [0.4, 0.5) is 0 Å². The third kappa shape index (κ3) is 5.17. The highest BCUT2D eigenvalue weighted by Gasteiger charge is 2.24. The van der Waals surface area contributed by atoms with E-state index in [0.29, 0.717) is 6.61 Å². The quantitative estimate of drug-likeness (QED) is 0.494. The largest absolute Gasteiger partial charge is 0.494 e. The maximum atomic E-state index is 9.61. The van der Waals surface area contributed by atoms with Gasteiger partial charge in [-0.2, -0.15) is 0 Å². The zero-order chi connectivity index (χ0) is 21.6. The number of hydrogen-bond donors (Lipinski definition) is 1. The highest BCUT2D eigenvalue weighted by Crippen LogP contribution is 2.36. The predicted molar refractivity (Wildman–Crippen MR) is 126 cm³/mol. The molecule has 0 saturated carbocycles. The molecule has 2 atom stereocenters. The van der Waals surface area contributed by atoms with Crippen molar-refractivity contribution in [3.63, 3.8) is 0 Å². The topological polar surface area (TPSA) is 38.7 Å². The first-order valence-corrected chi connectivity index (χ1v) is 11.3. The molecule has 0 spiro atoms. The summed E-state index contributed by atoms with van der Waals surface area (Å²) >= 11 is 0. The first-order chi connectivity index (χ1) is 15.2. The highest BCUT2D eigenvalue weighted by atomic mass is 16.5. The Labute approximate surface area is 185 Å². The molecule has 162 valence electrons. The lowest BCUT2D eigenvalue weighted by molar-refractivity contribution is -0.0737. The van der Waals surface area contributed by atoms with Gasteiger partial charge in [0.05, 0.1) is 25.4 Å². The minimum absolute atomic E-state index is 0.0352. The van der Waals surface area contributed by atoms with Gasteiger partial charge in [-0.1, -0.05) is 48.5 Å². The molecule has 1 saturated heterocycles. The Bertz CT molecular complexity index is 979. The van der Waals surface area contributed by atoms with Gasteiger partial charge in [0.15, 0.2) is 0 Å². The van der Waals surface area contributed by atoms with E-state index in [4.69, 9.17) is 9.47 Å². The van der Waals surface area contributed by atoms with E-state index in [0.717, 1.165) is 31.4 Å². The smallest absolute Gasteiger partial charge is 0.119 e. The van der Waals surface area contributed by atoms with Crippen LogP contribution >= 0.6 is 0 Å². The summed E-state index contributed by atoms with van der Waals surface area (Å²) in [4.78, 5) is 0. The molecule has 4 rings (SSSR count). The molecule has 1 aliphatic heterocycles. The van der Waals surface area contributed by atoms with Crippen LogP contribution in [0.1, 0.15) is 54.5 Å². The lowest BCUT2D eigenvalue weighted by Gasteiger charge is -2.30. The number of aliphatic hydroxyl groups excluding tert-OH is 1. The van der Waals surface area contributed by atoms with Crippen LogP contribution < -0.4 is 4.74 Å². The van der Waals surface area contributed by atoms with Crippen molar-refractivity contribution in [1.29, 1.82) is 0 Å². The maximum absolute atomic E-state index is 9.61. The number of aliphatic hydroxyl groups is 1. The second-order valence-corrected chi connectivity index (χ2v) is 8.33. The summed E-state index contributed by atoms with van der Waals surface area (Å²) in [5.74, 6) is 0.910. The highest BCUT2D eigenvalue weighted by molar-refractivity contribution is 5.70. The van der Waals surface area contributed by atoms with E-state index in [1.165, 1.54) is 33.4 Å². The van der Waals surface area contributed by atoms with Gasteiger partial charge in [0.25, 0.3) is 0 Å². The van der Waals surface area contributed by atoms with Gasteiger partial charge in [-0.3, -0.25) is 0 Å². The van der Waals surface area contributed by atoms with E-state index in [2.05, 4.69) is 61.5 Å². The van der Waals surface area contributed by atoms with Gasteiger partial charge in [-0.05, 0) is 91.1 Å². The molecule has 0 amide bonds. The van der Waals surface area contributed by atoms with Crippen molar-refractivity contribution in [2.75, 3.05) is 13.2 Å². The molecule has 2 unspecified atom stereocenters. The number of benzene rings is 3. The van der Waals surface area contributed by atoms with Crippen LogP contribution in [0.3, 0.4) is 0 Å². The van der Waals surface area contributed by atoms with Crippen LogP contribution in [0, 0.1) is 6.92 Å². The molecule has 3 aromatic carbocycles. The van der Waals surface area contributed by atoms with Gasteiger partial charge in [-0.25, -0.2) is 0 Å². The molecule has 3 heteroatoms. The van der Waals surface area contributed by atoms with Gasteiger partial charge < -0.3 is 14.6 Å². The zero-order valence-electron chi connectivity index (χ0n) is 18.5. The molecule has 1 N–H and O–H groups in total. The fourth-order valence-corrected chi connectivity index (χ4v) is 4.46. The van der Waals surface area contributed by atoms with E-state index >= 15 is 0 Å². The molecular weight excluding hydrogens is 384 g/mol. The van der Waals surface area contributed by atoms with Crippen LogP contribution in [0.2, 0.25) is 0 Å². The van der Waals surface area contributed by atoms with Gasteiger partial charge in [0.2, 0.25) is 0 Å². The Morgan fingerprint density at radius 2 is 1.77 bits per heavy atom.